The second kappa shape index (κ2) is 5.19. The summed E-state index contributed by atoms with van der Waals surface area (Å²) < 4.78 is 32.0. The van der Waals surface area contributed by atoms with E-state index in [0.717, 1.165) is 12.1 Å². The van der Waals surface area contributed by atoms with Crippen molar-refractivity contribution < 1.29 is 22.8 Å². The fourth-order valence-electron chi connectivity index (χ4n) is 1.46. The van der Waals surface area contributed by atoms with E-state index in [2.05, 4.69) is 0 Å². The van der Waals surface area contributed by atoms with Crippen LogP contribution in [0, 0.1) is 10.1 Å². The average Bonchev–Trinajstić information content (AvgIpc) is 2.25. The molecule has 0 aliphatic rings. The molecule has 0 fully saturated rings. The molecule has 0 aliphatic carbocycles. The van der Waals surface area contributed by atoms with Gasteiger partial charge in [-0.25, -0.2) is 13.6 Å². The number of nitro benzene ring substituents is 1. The Morgan fingerprint density at radius 2 is 1.94 bits per heavy atom. The van der Waals surface area contributed by atoms with Gasteiger partial charge in [-0.3, -0.25) is 10.1 Å². The van der Waals surface area contributed by atoms with Gasteiger partial charge in [-0.2, -0.15) is 0 Å². The van der Waals surface area contributed by atoms with E-state index >= 15 is 0 Å². The summed E-state index contributed by atoms with van der Waals surface area (Å²) in [7, 11) is -1.24. The van der Waals surface area contributed by atoms with Crippen molar-refractivity contribution >= 4 is 15.7 Å². The molecule has 18 heavy (non-hydrogen) atoms. The number of benzene rings is 1. The Morgan fingerprint density at radius 3 is 2.33 bits per heavy atom. The quantitative estimate of drug-likeness (QED) is 0.613. The standard InChI is InChI=1S/C9H12N2O6S/c1-16-8-4-7(11(12)13)3-6(9(8)17-2)5-18(10,14)15/h3-4H,5H2,1-2H3,(H2,10,14,15). The number of primary sulfonamides is 1. The van der Waals surface area contributed by atoms with Crippen LogP contribution in [0.3, 0.4) is 0 Å². The van der Waals surface area contributed by atoms with Crippen LogP contribution in [-0.4, -0.2) is 27.6 Å². The van der Waals surface area contributed by atoms with E-state index in [-0.39, 0.29) is 22.7 Å². The number of rotatable bonds is 5. The first kappa shape index (κ1) is 14.2. The number of hydrogen-bond donors (Lipinski definition) is 1. The van der Waals surface area contributed by atoms with Gasteiger partial charge in [0.05, 0.1) is 31.0 Å². The summed E-state index contributed by atoms with van der Waals surface area (Å²) >= 11 is 0. The number of hydrogen-bond acceptors (Lipinski definition) is 6. The van der Waals surface area contributed by atoms with E-state index in [1.807, 2.05) is 0 Å². The van der Waals surface area contributed by atoms with E-state index in [0.29, 0.717) is 0 Å². The lowest BCUT2D eigenvalue weighted by molar-refractivity contribution is -0.385. The Kier molecular flexibility index (Phi) is 4.09. The van der Waals surface area contributed by atoms with E-state index in [9.17, 15) is 18.5 Å². The van der Waals surface area contributed by atoms with E-state index < -0.39 is 20.7 Å². The van der Waals surface area contributed by atoms with Crippen molar-refractivity contribution in [1.29, 1.82) is 0 Å². The minimum Gasteiger partial charge on any atom is -0.493 e. The van der Waals surface area contributed by atoms with Crippen molar-refractivity contribution in [2.45, 2.75) is 5.75 Å². The number of ether oxygens (including phenoxy) is 2. The largest absolute Gasteiger partial charge is 0.493 e. The highest BCUT2D eigenvalue weighted by molar-refractivity contribution is 7.88. The van der Waals surface area contributed by atoms with Crippen LogP contribution >= 0.6 is 0 Å². The van der Waals surface area contributed by atoms with Gasteiger partial charge in [0.15, 0.2) is 11.5 Å². The number of nitro groups is 1. The molecule has 1 aromatic rings. The highest BCUT2D eigenvalue weighted by Crippen LogP contribution is 2.36. The molecule has 0 bridgehead atoms. The molecule has 8 nitrogen and oxygen atoms in total. The minimum atomic E-state index is -3.84. The number of nitrogens with two attached hydrogens (primary N) is 1. The molecule has 0 spiro atoms. The molecule has 0 aromatic heterocycles. The monoisotopic (exact) mass is 276 g/mol. The Labute approximate surface area is 104 Å². The molecule has 1 aromatic carbocycles. The van der Waals surface area contributed by atoms with Crippen LogP contribution in [0.5, 0.6) is 11.5 Å². The first-order valence-corrected chi connectivity index (χ1v) is 6.39. The Bertz CT molecular complexity index is 569. The van der Waals surface area contributed by atoms with Crippen molar-refractivity contribution in [2.75, 3.05) is 14.2 Å². The number of sulfonamides is 1. The topological polar surface area (TPSA) is 122 Å². The number of non-ortho nitro benzene ring substituents is 1. The Morgan fingerprint density at radius 1 is 1.33 bits per heavy atom. The second-order valence-electron chi connectivity index (χ2n) is 3.40. The van der Waals surface area contributed by atoms with Crippen LogP contribution in [0.4, 0.5) is 5.69 Å². The molecule has 0 aliphatic heterocycles. The van der Waals surface area contributed by atoms with Crippen molar-refractivity contribution in [3.63, 3.8) is 0 Å². The maximum Gasteiger partial charge on any atom is 0.273 e. The van der Waals surface area contributed by atoms with Gasteiger partial charge in [0, 0.05) is 11.6 Å². The summed E-state index contributed by atoms with van der Waals surface area (Å²) in [6.45, 7) is 0. The summed E-state index contributed by atoms with van der Waals surface area (Å²) in [5.41, 5.74) is -0.225. The molecule has 0 heterocycles. The average molecular weight is 276 g/mol. The first-order chi connectivity index (χ1) is 8.28. The third kappa shape index (κ3) is 3.31. The zero-order chi connectivity index (χ0) is 13.9. The summed E-state index contributed by atoms with van der Waals surface area (Å²) in [4.78, 5) is 10.1. The van der Waals surface area contributed by atoms with Crippen LogP contribution in [0.2, 0.25) is 0 Å². The molecule has 0 saturated heterocycles. The predicted molar refractivity (Wildman–Crippen MR) is 63.0 cm³/mol. The zero-order valence-electron chi connectivity index (χ0n) is 9.74. The van der Waals surface area contributed by atoms with Gasteiger partial charge < -0.3 is 9.47 Å². The van der Waals surface area contributed by atoms with Gasteiger partial charge in [-0.15, -0.1) is 0 Å². The van der Waals surface area contributed by atoms with E-state index in [4.69, 9.17) is 14.6 Å². The van der Waals surface area contributed by atoms with E-state index in [1.165, 1.54) is 14.2 Å². The molecular formula is C9H12N2O6S. The van der Waals surface area contributed by atoms with Crippen molar-refractivity contribution in [1.82, 2.24) is 0 Å². The Balaban J connectivity index is 3.45. The zero-order valence-corrected chi connectivity index (χ0v) is 10.6. The second-order valence-corrected chi connectivity index (χ2v) is 5.02. The van der Waals surface area contributed by atoms with Gasteiger partial charge in [0.1, 0.15) is 0 Å². The van der Waals surface area contributed by atoms with Crippen LogP contribution in [0.15, 0.2) is 12.1 Å². The molecule has 2 N–H and O–H groups in total. The lowest BCUT2D eigenvalue weighted by atomic mass is 10.2. The summed E-state index contributed by atoms with van der Waals surface area (Å²) in [5.74, 6) is -0.392. The summed E-state index contributed by atoms with van der Waals surface area (Å²) in [6, 6.07) is 2.23. The fraction of sp³-hybridized carbons (Fsp3) is 0.333. The first-order valence-electron chi connectivity index (χ1n) is 4.68. The van der Waals surface area contributed by atoms with Gasteiger partial charge in [-0.05, 0) is 0 Å². The number of nitrogens with zero attached hydrogens (tertiary/aromatic N) is 1. The summed E-state index contributed by atoms with van der Waals surface area (Å²) in [6.07, 6.45) is 0. The van der Waals surface area contributed by atoms with E-state index in [1.54, 1.807) is 0 Å². The highest BCUT2D eigenvalue weighted by atomic mass is 32.2. The molecule has 0 unspecified atom stereocenters. The Hall–Kier alpha value is -1.87. The van der Waals surface area contributed by atoms with Gasteiger partial charge >= 0.3 is 0 Å². The summed E-state index contributed by atoms with van der Waals surface area (Å²) in [5, 5.41) is 15.6. The van der Waals surface area contributed by atoms with Crippen LogP contribution < -0.4 is 14.6 Å². The van der Waals surface area contributed by atoms with Crippen LogP contribution in [-0.2, 0) is 15.8 Å². The molecular weight excluding hydrogens is 264 g/mol. The third-order valence-corrected chi connectivity index (χ3v) is 2.82. The highest BCUT2D eigenvalue weighted by Gasteiger charge is 2.20. The SMILES string of the molecule is COc1cc([N+](=O)[O-])cc(CS(N)(=O)=O)c1OC. The predicted octanol–water partition coefficient (Wildman–Crippen LogP) is 0.401. The van der Waals surface area contributed by atoms with Gasteiger partial charge in [-0.1, -0.05) is 0 Å². The maximum absolute atomic E-state index is 11.1. The third-order valence-electron chi connectivity index (χ3n) is 2.11. The lowest BCUT2D eigenvalue weighted by Gasteiger charge is -2.11. The molecule has 0 atom stereocenters. The molecule has 1 rings (SSSR count). The molecule has 0 radical (unpaired) electrons. The normalized spacial score (nSPS) is 11.1. The molecule has 0 saturated carbocycles. The van der Waals surface area contributed by atoms with Crippen molar-refractivity contribution in [3.05, 3.63) is 27.8 Å². The van der Waals surface area contributed by atoms with Crippen LogP contribution in [0.1, 0.15) is 5.56 Å². The van der Waals surface area contributed by atoms with Crippen molar-refractivity contribution in [2.24, 2.45) is 5.14 Å². The number of methoxy groups -OCH3 is 2. The fourth-order valence-corrected chi connectivity index (χ4v) is 2.10. The smallest absolute Gasteiger partial charge is 0.273 e. The van der Waals surface area contributed by atoms with Crippen molar-refractivity contribution in [3.8, 4) is 11.5 Å². The molecule has 100 valence electrons. The molecule has 0 amide bonds. The lowest BCUT2D eigenvalue weighted by Crippen LogP contribution is -2.15. The van der Waals surface area contributed by atoms with Gasteiger partial charge in [0.25, 0.3) is 5.69 Å². The molecule has 9 heteroatoms. The minimum absolute atomic E-state index is 0.0744. The van der Waals surface area contributed by atoms with Crippen LogP contribution in [0.25, 0.3) is 0 Å². The maximum atomic E-state index is 11.1. The van der Waals surface area contributed by atoms with Gasteiger partial charge in [0.2, 0.25) is 10.0 Å².